The Morgan fingerprint density at radius 3 is 2.33 bits per heavy atom. The molecule has 0 aliphatic rings. The van der Waals surface area contributed by atoms with Gasteiger partial charge in [-0.1, -0.05) is 73.1 Å². The van der Waals surface area contributed by atoms with Crippen LogP contribution in [0.15, 0.2) is 53.0 Å². The fourth-order valence-electron chi connectivity index (χ4n) is 2.37. The average Bonchev–Trinajstić information content (AvgIpc) is 2.47. The third-order valence-electron chi connectivity index (χ3n) is 4.28. The lowest BCUT2D eigenvalue weighted by Crippen LogP contribution is -2.15. The van der Waals surface area contributed by atoms with Crippen molar-refractivity contribution < 1.29 is 5.11 Å². The predicted octanol–water partition coefficient (Wildman–Crippen LogP) is 5.41. The Balaban J connectivity index is 2.11. The summed E-state index contributed by atoms with van der Waals surface area (Å²) in [6, 6.07) is 16.5. The zero-order valence-electron chi connectivity index (χ0n) is 12.9. The van der Waals surface area contributed by atoms with Crippen LogP contribution in [0, 0.1) is 0 Å². The first-order valence-corrected chi connectivity index (χ1v) is 8.24. The van der Waals surface area contributed by atoms with E-state index in [0.29, 0.717) is 6.42 Å². The lowest BCUT2D eigenvalue weighted by molar-refractivity contribution is 0.178. The van der Waals surface area contributed by atoms with Gasteiger partial charge in [0.1, 0.15) is 0 Å². The minimum Gasteiger partial charge on any atom is -0.388 e. The van der Waals surface area contributed by atoms with E-state index < -0.39 is 6.10 Å². The van der Waals surface area contributed by atoms with Crippen molar-refractivity contribution in [1.82, 2.24) is 0 Å². The summed E-state index contributed by atoms with van der Waals surface area (Å²) in [6.45, 7) is 6.70. The van der Waals surface area contributed by atoms with E-state index in [0.717, 1.165) is 22.0 Å². The number of hydrogen-bond donors (Lipinski definition) is 1. The highest BCUT2D eigenvalue weighted by Crippen LogP contribution is 2.28. The molecule has 2 heteroatoms. The molecule has 0 amide bonds. The van der Waals surface area contributed by atoms with E-state index in [1.54, 1.807) is 0 Å². The summed E-state index contributed by atoms with van der Waals surface area (Å²) in [5.41, 5.74) is 3.62. The monoisotopic (exact) mass is 346 g/mol. The smallest absolute Gasteiger partial charge is 0.0830 e. The van der Waals surface area contributed by atoms with Gasteiger partial charge in [-0.3, -0.25) is 0 Å². The van der Waals surface area contributed by atoms with Crippen LogP contribution in [0.1, 0.15) is 50.0 Å². The van der Waals surface area contributed by atoms with Gasteiger partial charge in [-0.2, -0.15) is 0 Å². The summed E-state index contributed by atoms with van der Waals surface area (Å²) in [4.78, 5) is 0. The molecule has 0 bridgehead atoms. The van der Waals surface area contributed by atoms with E-state index in [2.05, 4.69) is 67.0 Å². The van der Waals surface area contributed by atoms with Crippen LogP contribution in [0.4, 0.5) is 0 Å². The van der Waals surface area contributed by atoms with E-state index in [1.165, 1.54) is 5.56 Å². The van der Waals surface area contributed by atoms with Gasteiger partial charge in [0.05, 0.1) is 6.10 Å². The van der Waals surface area contributed by atoms with Crippen molar-refractivity contribution in [1.29, 1.82) is 0 Å². The molecule has 1 atom stereocenters. The zero-order valence-corrected chi connectivity index (χ0v) is 14.5. The lowest BCUT2D eigenvalue weighted by atomic mass is 9.82. The normalized spacial score (nSPS) is 13.2. The number of rotatable bonds is 5. The maximum atomic E-state index is 10.4. The van der Waals surface area contributed by atoms with E-state index in [9.17, 15) is 5.11 Å². The largest absolute Gasteiger partial charge is 0.388 e. The maximum absolute atomic E-state index is 10.4. The van der Waals surface area contributed by atoms with Crippen molar-refractivity contribution in [2.24, 2.45) is 0 Å². The molecule has 2 aromatic rings. The Kier molecular flexibility index (Phi) is 5.23. The Labute approximate surface area is 136 Å². The highest BCUT2D eigenvalue weighted by Gasteiger charge is 2.18. The Morgan fingerprint density at radius 2 is 1.76 bits per heavy atom. The standard InChI is InChI=1S/C19H23BrO/c1-4-19(2,3)16-10-8-15(9-11-16)18(21)13-14-6-5-7-17(20)12-14/h5-12,18,21H,4,13H2,1-3H3. The van der Waals surface area contributed by atoms with Crippen molar-refractivity contribution in [2.45, 2.75) is 45.1 Å². The quantitative estimate of drug-likeness (QED) is 0.766. The second-order valence-corrected chi connectivity index (χ2v) is 7.12. The molecule has 0 spiro atoms. The first-order valence-electron chi connectivity index (χ1n) is 7.45. The molecule has 1 nitrogen and oxygen atoms in total. The molecule has 0 aliphatic carbocycles. The summed E-state index contributed by atoms with van der Waals surface area (Å²) in [7, 11) is 0. The van der Waals surface area contributed by atoms with Gasteiger partial charge in [-0.05, 0) is 40.7 Å². The summed E-state index contributed by atoms with van der Waals surface area (Å²) in [5, 5.41) is 10.4. The molecule has 0 aliphatic heterocycles. The van der Waals surface area contributed by atoms with E-state index in [4.69, 9.17) is 0 Å². The fourth-order valence-corrected chi connectivity index (χ4v) is 2.81. The van der Waals surface area contributed by atoms with Crippen molar-refractivity contribution >= 4 is 15.9 Å². The summed E-state index contributed by atoms with van der Waals surface area (Å²) in [6.07, 6.45) is 1.28. The van der Waals surface area contributed by atoms with Crippen molar-refractivity contribution in [3.63, 3.8) is 0 Å². The van der Waals surface area contributed by atoms with Crippen LogP contribution in [-0.2, 0) is 11.8 Å². The molecule has 2 rings (SSSR count). The number of hydrogen-bond acceptors (Lipinski definition) is 1. The molecule has 21 heavy (non-hydrogen) atoms. The Bertz CT molecular complexity index is 587. The van der Waals surface area contributed by atoms with Crippen LogP contribution < -0.4 is 0 Å². The molecule has 0 radical (unpaired) electrons. The molecule has 0 saturated heterocycles. The Hall–Kier alpha value is -1.12. The molecule has 0 fully saturated rings. The fraction of sp³-hybridized carbons (Fsp3) is 0.368. The van der Waals surface area contributed by atoms with E-state index in [-0.39, 0.29) is 5.41 Å². The van der Waals surface area contributed by atoms with Gasteiger partial charge < -0.3 is 5.11 Å². The SMILES string of the molecule is CCC(C)(C)c1ccc(C(O)Cc2cccc(Br)c2)cc1. The first kappa shape index (κ1) is 16.3. The van der Waals surface area contributed by atoms with E-state index in [1.807, 2.05) is 18.2 Å². The third kappa shape index (κ3) is 4.18. The zero-order chi connectivity index (χ0) is 15.5. The van der Waals surface area contributed by atoms with Gasteiger partial charge in [0.15, 0.2) is 0 Å². The van der Waals surface area contributed by atoms with Gasteiger partial charge in [0.25, 0.3) is 0 Å². The second kappa shape index (κ2) is 6.76. The summed E-state index contributed by atoms with van der Waals surface area (Å²) >= 11 is 3.47. The lowest BCUT2D eigenvalue weighted by Gasteiger charge is -2.24. The summed E-state index contributed by atoms with van der Waals surface area (Å²) in [5.74, 6) is 0. The van der Waals surface area contributed by atoms with Crippen LogP contribution in [0.25, 0.3) is 0 Å². The molecule has 1 unspecified atom stereocenters. The molecule has 0 heterocycles. The number of halogens is 1. The maximum Gasteiger partial charge on any atom is 0.0830 e. The number of aliphatic hydroxyl groups is 1. The molecule has 0 aromatic heterocycles. The third-order valence-corrected chi connectivity index (χ3v) is 4.77. The first-order chi connectivity index (χ1) is 9.92. The molecular weight excluding hydrogens is 324 g/mol. The van der Waals surface area contributed by atoms with Gasteiger partial charge >= 0.3 is 0 Å². The second-order valence-electron chi connectivity index (χ2n) is 6.21. The van der Waals surface area contributed by atoms with Crippen LogP contribution in [0.2, 0.25) is 0 Å². The van der Waals surface area contributed by atoms with Gasteiger partial charge in [0, 0.05) is 10.9 Å². The molecule has 112 valence electrons. The van der Waals surface area contributed by atoms with Crippen molar-refractivity contribution in [2.75, 3.05) is 0 Å². The number of benzene rings is 2. The van der Waals surface area contributed by atoms with Crippen LogP contribution in [-0.4, -0.2) is 5.11 Å². The molecule has 1 N–H and O–H groups in total. The minimum absolute atomic E-state index is 0.188. The highest BCUT2D eigenvalue weighted by atomic mass is 79.9. The van der Waals surface area contributed by atoms with Crippen LogP contribution in [0.5, 0.6) is 0 Å². The van der Waals surface area contributed by atoms with Crippen LogP contribution >= 0.6 is 15.9 Å². The topological polar surface area (TPSA) is 20.2 Å². The summed E-state index contributed by atoms with van der Waals surface area (Å²) < 4.78 is 1.05. The van der Waals surface area contributed by atoms with E-state index >= 15 is 0 Å². The van der Waals surface area contributed by atoms with Crippen molar-refractivity contribution in [3.8, 4) is 0 Å². The average molecular weight is 347 g/mol. The van der Waals surface area contributed by atoms with Gasteiger partial charge in [-0.15, -0.1) is 0 Å². The molecular formula is C19H23BrO. The minimum atomic E-state index is -0.460. The number of aliphatic hydroxyl groups excluding tert-OH is 1. The van der Waals surface area contributed by atoms with Crippen LogP contribution in [0.3, 0.4) is 0 Å². The predicted molar refractivity (Wildman–Crippen MR) is 92.6 cm³/mol. The van der Waals surface area contributed by atoms with Crippen molar-refractivity contribution in [3.05, 3.63) is 69.7 Å². The highest BCUT2D eigenvalue weighted by molar-refractivity contribution is 9.10. The van der Waals surface area contributed by atoms with Gasteiger partial charge in [-0.25, -0.2) is 0 Å². The van der Waals surface area contributed by atoms with Gasteiger partial charge in [0.2, 0.25) is 0 Å². The molecule has 0 saturated carbocycles. The molecule has 2 aromatic carbocycles. The Morgan fingerprint density at radius 1 is 1.10 bits per heavy atom.